The fraction of sp³-hybridized carbons (Fsp3) is 0.667. The van der Waals surface area contributed by atoms with Crippen LogP contribution >= 0.6 is 0 Å². The molecule has 0 aromatic heterocycles. The molecule has 0 spiro atoms. The highest BCUT2D eigenvalue weighted by atomic mass is 16.5. The third-order valence-electron chi connectivity index (χ3n) is 0.816. The lowest BCUT2D eigenvalue weighted by Crippen LogP contribution is -2.01. The van der Waals surface area contributed by atoms with E-state index in [9.17, 15) is 4.79 Å². The van der Waals surface area contributed by atoms with Crippen molar-refractivity contribution in [3.05, 3.63) is 6.92 Å². The Morgan fingerprint density at radius 3 is 2.67 bits per heavy atom. The Morgan fingerprint density at radius 1 is 1.56 bits per heavy atom. The fourth-order valence-corrected chi connectivity index (χ4v) is 0.400. The van der Waals surface area contributed by atoms with Gasteiger partial charge >= 0.3 is 5.97 Å². The van der Waals surface area contributed by atoms with Crippen LogP contribution < -0.4 is 0 Å². The van der Waals surface area contributed by atoms with Crippen molar-refractivity contribution in [1.29, 1.82) is 0 Å². The number of unbranched alkanes of at least 4 members (excludes halogenated alkanes) is 1. The van der Waals surface area contributed by atoms with Crippen LogP contribution in [0.3, 0.4) is 0 Å². The van der Waals surface area contributed by atoms with E-state index in [0.717, 1.165) is 0 Å². The summed E-state index contributed by atoms with van der Waals surface area (Å²) in [5, 5.41) is 8.28. The molecule has 0 atom stereocenters. The SMILES string of the molecule is [CH2]C(=O)OCCCCO. The summed E-state index contributed by atoms with van der Waals surface area (Å²) in [6, 6.07) is 0. The second kappa shape index (κ2) is 5.56. The first kappa shape index (κ1) is 8.43. The van der Waals surface area contributed by atoms with E-state index >= 15 is 0 Å². The van der Waals surface area contributed by atoms with Gasteiger partial charge in [0.25, 0.3) is 0 Å². The number of rotatable bonds is 4. The molecule has 0 unspecified atom stereocenters. The lowest BCUT2D eigenvalue weighted by Gasteiger charge is -1.97. The van der Waals surface area contributed by atoms with Crippen molar-refractivity contribution >= 4 is 5.97 Å². The van der Waals surface area contributed by atoms with Gasteiger partial charge in [0.15, 0.2) is 0 Å². The molecule has 0 heterocycles. The van der Waals surface area contributed by atoms with Crippen molar-refractivity contribution in [2.24, 2.45) is 0 Å². The van der Waals surface area contributed by atoms with Gasteiger partial charge in [-0.2, -0.15) is 0 Å². The maximum Gasteiger partial charge on any atom is 0.306 e. The van der Waals surface area contributed by atoms with Crippen LogP contribution in [0.2, 0.25) is 0 Å². The minimum atomic E-state index is -0.507. The van der Waals surface area contributed by atoms with Gasteiger partial charge in [0.05, 0.1) is 13.5 Å². The van der Waals surface area contributed by atoms with Crippen LogP contribution in [-0.2, 0) is 9.53 Å². The number of aliphatic hydroxyl groups excluding tert-OH is 1. The Balaban J connectivity index is 2.83. The fourth-order valence-electron chi connectivity index (χ4n) is 0.400. The highest BCUT2D eigenvalue weighted by Crippen LogP contribution is 1.87. The summed E-state index contributed by atoms with van der Waals surface area (Å²) in [6.45, 7) is 3.52. The van der Waals surface area contributed by atoms with Crippen molar-refractivity contribution in [2.45, 2.75) is 12.8 Å². The highest BCUT2D eigenvalue weighted by Gasteiger charge is 1.90. The van der Waals surface area contributed by atoms with E-state index in [-0.39, 0.29) is 6.61 Å². The average molecular weight is 131 g/mol. The van der Waals surface area contributed by atoms with Crippen LogP contribution in [0.5, 0.6) is 0 Å². The minimum Gasteiger partial charge on any atom is -0.466 e. The lowest BCUT2D eigenvalue weighted by molar-refractivity contribution is -0.138. The molecule has 0 rings (SSSR count). The number of carbonyl (C=O) groups excluding carboxylic acids is 1. The predicted molar refractivity (Wildman–Crippen MR) is 32.6 cm³/mol. The van der Waals surface area contributed by atoms with Gasteiger partial charge in [-0.3, -0.25) is 4.79 Å². The van der Waals surface area contributed by atoms with Crippen molar-refractivity contribution < 1.29 is 14.6 Å². The average Bonchev–Trinajstić information content (AvgIpc) is 1.80. The van der Waals surface area contributed by atoms with Gasteiger partial charge in [0.2, 0.25) is 0 Å². The topological polar surface area (TPSA) is 46.5 Å². The first-order valence-electron chi connectivity index (χ1n) is 2.87. The number of esters is 1. The van der Waals surface area contributed by atoms with E-state index in [1.165, 1.54) is 0 Å². The zero-order chi connectivity index (χ0) is 7.11. The second-order valence-electron chi connectivity index (χ2n) is 1.65. The molecule has 1 N–H and O–H groups in total. The van der Waals surface area contributed by atoms with Crippen molar-refractivity contribution in [3.8, 4) is 0 Å². The molecule has 9 heavy (non-hydrogen) atoms. The van der Waals surface area contributed by atoms with Crippen LogP contribution in [0.25, 0.3) is 0 Å². The molecule has 0 aromatic rings. The van der Waals surface area contributed by atoms with E-state index in [2.05, 4.69) is 11.7 Å². The van der Waals surface area contributed by atoms with Crippen LogP contribution in [0, 0.1) is 6.92 Å². The molecule has 0 aliphatic heterocycles. The summed E-state index contributed by atoms with van der Waals surface area (Å²) < 4.78 is 4.48. The lowest BCUT2D eigenvalue weighted by atomic mass is 10.3. The summed E-state index contributed by atoms with van der Waals surface area (Å²) in [5.74, 6) is -0.507. The monoisotopic (exact) mass is 131 g/mol. The number of ether oxygens (including phenoxy) is 1. The second-order valence-corrected chi connectivity index (χ2v) is 1.65. The molecule has 0 aliphatic rings. The first-order chi connectivity index (χ1) is 4.27. The van der Waals surface area contributed by atoms with Gasteiger partial charge < -0.3 is 9.84 Å². The van der Waals surface area contributed by atoms with Crippen LogP contribution in [0.15, 0.2) is 0 Å². The summed E-state index contributed by atoms with van der Waals surface area (Å²) in [5.41, 5.74) is 0. The van der Waals surface area contributed by atoms with E-state index in [4.69, 9.17) is 5.11 Å². The third-order valence-corrected chi connectivity index (χ3v) is 0.816. The Kier molecular flexibility index (Phi) is 5.21. The Labute approximate surface area is 54.6 Å². The molecule has 0 fully saturated rings. The molecule has 1 radical (unpaired) electrons. The van der Waals surface area contributed by atoms with Crippen LogP contribution in [-0.4, -0.2) is 24.3 Å². The van der Waals surface area contributed by atoms with Gasteiger partial charge in [0, 0.05) is 6.61 Å². The molecule has 0 saturated carbocycles. The largest absolute Gasteiger partial charge is 0.466 e. The maximum absolute atomic E-state index is 10.0. The summed E-state index contributed by atoms with van der Waals surface area (Å²) in [4.78, 5) is 10.0. The molecule has 0 saturated heterocycles. The third kappa shape index (κ3) is 7.43. The van der Waals surface area contributed by atoms with Crippen LogP contribution in [0.4, 0.5) is 0 Å². The summed E-state index contributed by atoms with van der Waals surface area (Å²) in [7, 11) is 0. The molecule has 0 aliphatic carbocycles. The standard InChI is InChI=1S/C6H11O3/c1-6(8)9-5-3-2-4-7/h7H,1-5H2. The van der Waals surface area contributed by atoms with E-state index in [1.54, 1.807) is 0 Å². The number of carbonyl (C=O) groups is 1. The number of aliphatic hydroxyl groups is 1. The molecule has 0 bridgehead atoms. The van der Waals surface area contributed by atoms with E-state index in [0.29, 0.717) is 19.4 Å². The predicted octanol–water partition coefficient (Wildman–Crippen LogP) is 0.136. The van der Waals surface area contributed by atoms with Gasteiger partial charge in [-0.15, -0.1) is 0 Å². The molecular formula is C6H11O3. The molecule has 0 aromatic carbocycles. The molecule has 0 amide bonds. The Bertz CT molecular complexity index is 80.4. The summed E-state index contributed by atoms with van der Waals surface area (Å²) in [6.07, 6.45) is 1.38. The van der Waals surface area contributed by atoms with Crippen molar-refractivity contribution in [3.63, 3.8) is 0 Å². The Hall–Kier alpha value is -0.570. The quantitative estimate of drug-likeness (QED) is 0.436. The maximum atomic E-state index is 10.0. The number of hydrogen-bond donors (Lipinski definition) is 1. The van der Waals surface area contributed by atoms with E-state index in [1.807, 2.05) is 0 Å². The minimum absolute atomic E-state index is 0.148. The summed E-state index contributed by atoms with van der Waals surface area (Å²) >= 11 is 0. The zero-order valence-electron chi connectivity index (χ0n) is 5.30. The molecule has 3 nitrogen and oxygen atoms in total. The smallest absolute Gasteiger partial charge is 0.306 e. The van der Waals surface area contributed by atoms with Crippen LogP contribution in [0.1, 0.15) is 12.8 Å². The molecular weight excluding hydrogens is 120 g/mol. The van der Waals surface area contributed by atoms with E-state index < -0.39 is 5.97 Å². The van der Waals surface area contributed by atoms with Gasteiger partial charge in [-0.25, -0.2) is 0 Å². The zero-order valence-corrected chi connectivity index (χ0v) is 5.30. The van der Waals surface area contributed by atoms with Crippen molar-refractivity contribution in [1.82, 2.24) is 0 Å². The Morgan fingerprint density at radius 2 is 2.22 bits per heavy atom. The highest BCUT2D eigenvalue weighted by molar-refractivity contribution is 5.73. The van der Waals surface area contributed by atoms with Gasteiger partial charge in [-0.05, 0) is 12.8 Å². The van der Waals surface area contributed by atoms with Gasteiger partial charge in [-0.1, -0.05) is 0 Å². The number of hydrogen-bond acceptors (Lipinski definition) is 3. The van der Waals surface area contributed by atoms with Gasteiger partial charge in [0.1, 0.15) is 0 Å². The van der Waals surface area contributed by atoms with Crippen molar-refractivity contribution in [2.75, 3.05) is 13.2 Å². The first-order valence-corrected chi connectivity index (χ1v) is 2.87. The molecule has 3 heteroatoms. The normalized spacial score (nSPS) is 9.11. The molecule has 53 valence electrons.